The molecule has 0 aliphatic carbocycles. The van der Waals surface area contributed by atoms with Gasteiger partial charge in [-0.25, -0.2) is 13.4 Å². The highest BCUT2D eigenvalue weighted by atomic mass is 79.9. The maximum absolute atomic E-state index is 11.3. The first-order valence-corrected chi connectivity index (χ1v) is 7.30. The van der Waals surface area contributed by atoms with Crippen molar-refractivity contribution in [2.75, 3.05) is 9.38 Å². The molecule has 2 N–H and O–H groups in total. The zero-order valence-electron chi connectivity index (χ0n) is 8.49. The van der Waals surface area contributed by atoms with Crippen molar-refractivity contribution in [1.29, 1.82) is 0 Å². The number of imidazole rings is 1. The van der Waals surface area contributed by atoms with Gasteiger partial charge in [-0.1, -0.05) is 15.9 Å². The number of halogens is 1. The van der Waals surface area contributed by atoms with E-state index in [0.29, 0.717) is 5.69 Å². The van der Waals surface area contributed by atoms with Crippen molar-refractivity contribution in [2.45, 2.75) is 6.92 Å². The van der Waals surface area contributed by atoms with Gasteiger partial charge in [0.2, 0.25) is 10.0 Å². The maximum atomic E-state index is 11.3. The summed E-state index contributed by atoms with van der Waals surface area (Å²) in [6.07, 6.45) is 0. The van der Waals surface area contributed by atoms with E-state index in [1.807, 2.05) is 6.92 Å². The third-order valence-electron chi connectivity index (χ3n) is 2.02. The van der Waals surface area contributed by atoms with Crippen molar-refractivity contribution in [1.82, 2.24) is 9.97 Å². The average Bonchev–Trinajstić information content (AvgIpc) is 2.57. The smallest absolute Gasteiger partial charge is 0.242 e. The fraction of sp³-hybridized carbons (Fsp3) is 0.222. The number of alkyl halides is 1. The Labute approximate surface area is 101 Å². The molecule has 0 aliphatic heterocycles. The molecule has 5 nitrogen and oxygen atoms in total. The van der Waals surface area contributed by atoms with Crippen molar-refractivity contribution in [3.05, 3.63) is 24.0 Å². The van der Waals surface area contributed by atoms with Crippen molar-refractivity contribution in [3.63, 3.8) is 0 Å². The van der Waals surface area contributed by atoms with Gasteiger partial charge in [0.05, 0.1) is 16.7 Å². The van der Waals surface area contributed by atoms with Crippen LogP contribution in [0.2, 0.25) is 0 Å². The van der Waals surface area contributed by atoms with E-state index < -0.39 is 10.0 Å². The second-order valence-corrected chi connectivity index (χ2v) is 6.41. The SMILES string of the molecule is Cc1nc2ccc(NS(=O)(=O)CBr)cc2[nH]1. The predicted octanol–water partition coefficient (Wildman–Crippen LogP) is 1.97. The molecule has 1 aromatic carbocycles. The van der Waals surface area contributed by atoms with E-state index in [9.17, 15) is 8.42 Å². The van der Waals surface area contributed by atoms with Crippen LogP contribution in [0.3, 0.4) is 0 Å². The van der Waals surface area contributed by atoms with Crippen LogP contribution < -0.4 is 4.72 Å². The molecule has 0 fully saturated rings. The number of nitrogens with one attached hydrogen (secondary N) is 2. The number of benzene rings is 1. The normalized spacial score (nSPS) is 11.9. The summed E-state index contributed by atoms with van der Waals surface area (Å²) in [7, 11) is -3.30. The number of fused-ring (bicyclic) bond motifs is 1. The molecule has 0 spiro atoms. The summed E-state index contributed by atoms with van der Waals surface area (Å²) in [5, 5.41) is 0. The van der Waals surface area contributed by atoms with E-state index in [4.69, 9.17) is 0 Å². The van der Waals surface area contributed by atoms with Gasteiger partial charge in [-0.15, -0.1) is 0 Å². The van der Waals surface area contributed by atoms with Crippen LogP contribution in [-0.2, 0) is 10.0 Å². The molecule has 0 saturated heterocycles. The highest BCUT2D eigenvalue weighted by Crippen LogP contribution is 2.18. The molecule has 7 heteroatoms. The van der Waals surface area contributed by atoms with Crippen LogP contribution in [0.5, 0.6) is 0 Å². The summed E-state index contributed by atoms with van der Waals surface area (Å²) in [5.41, 5.74) is 2.15. The lowest BCUT2D eigenvalue weighted by Crippen LogP contribution is -2.12. The van der Waals surface area contributed by atoms with Gasteiger partial charge in [-0.3, -0.25) is 4.72 Å². The van der Waals surface area contributed by atoms with Gasteiger partial charge in [0.1, 0.15) is 10.5 Å². The molecule has 0 saturated carbocycles. The first kappa shape index (κ1) is 11.4. The van der Waals surface area contributed by atoms with E-state index in [2.05, 4.69) is 30.6 Å². The number of hydrogen-bond donors (Lipinski definition) is 2. The van der Waals surface area contributed by atoms with Crippen molar-refractivity contribution in [3.8, 4) is 0 Å². The molecule has 2 rings (SSSR count). The molecular formula is C9H10BrN3O2S. The molecular weight excluding hydrogens is 294 g/mol. The minimum atomic E-state index is -3.30. The number of H-pyrrole nitrogens is 1. The van der Waals surface area contributed by atoms with Crippen molar-refractivity contribution in [2.24, 2.45) is 0 Å². The third-order valence-corrected chi connectivity index (χ3v) is 4.66. The molecule has 0 aliphatic rings. The molecule has 0 bridgehead atoms. The topological polar surface area (TPSA) is 74.8 Å². The van der Waals surface area contributed by atoms with Gasteiger partial charge in [0.15, 0.2) is 0 Å². The van der Waals surface area contributed by atoms with E-state index >= 15 is 0 Å². The average molecular weight is 304 g/mol. The highest BCUT2D eigenvalue weighted by Gasteiger charge is 2.08. The number of sulfonamides is 1. The summed E-state index contributed by atoms with van der Waals surface area (Å²) in [5.74, 6) is 0.801. The van der Waals surface area contributed by atoms with Crippen LogP contribution in [0.25, 0.3) is 11.0 Å². The minimum Gasteiger partial charge on any atom is -0.342 e. The predicted molar refractivity (Wildman–Crippen MR) is 67.2 cm³/mol. The van der Waals surface area contributed by atoms with Crippen LogP contribution in [-0.4, -0.2) is 23.0 Å². The van der Waals surface area contributed by atoms with E-state index in [0.717, 1.165) is 16.9 Å². The number of aryl methyl sites for hydroxylation is 1. The summed E-state index contributed by atoms with van der Waals surface area (Å²) in [6, 6.07) is 5.17. The van der Waals surface area contributed by atoms with Gasteiger partial charge < -0.3 is 4.98 Å². The molecule has 16 heavy (non-hydrogen) atoms. The first-order valence-electron chi connectivity index (χ1n) is 4.53. The zero-order valence-corrected chi connectivity index (χ0v) is 10.9. The summed E-state index contributed by atoms with van der Waals surface area (Å²) in [4.78, 5) is 7.27. The van der Waals surface area contributed by atoms with E-state index in [-0.39, 0.29) is 4.66 Å². The Morgan fingerprint density at radius 3 is 2.94 bits per heavy atom. The van der Waals surface area contributed by atoms with E-state index in [1.165, 1.54) is 0 Å². The Hall–Kier alpha value is -1.08. The standard InChI is InChI=1S/C9H10BrN3O2S/c1-6-11-8-3-2-7(4-9(8)12-6)13-16(14,15)5-10/h2-4,13H,5H2,1H3,(H,11,12). The van der Waals surface area contributed by atoms with Crippen LogP contribution in [0, 0.1) is 6.92 Å². The van der Waals surface area contributed by atoms with Crippen LogP contribution in [0.1, 0.15) is 5.82 Å². The first-order chi connectivity index (χ1) is 7.50. The van der Waals surface area contributed by atoms with E-state index in [1.54, 1.807) is 18.2 Å². The Bertz CT molecular complexity index is 621. The number of anilines is 1. The summed E-state index contributed by atoms with van der Waals surface area (Å²) < 4.78 is 25.0. The Morgan fingerprint density at radius 2 is 2.25 bits per heavy atom. The number of aromatic amines is 1. The zero-order chi connectivity index (χ0) is 11.8. The lowest BCUT2D eigenvalue weighted by molar-refractivity contribution is 0.606. The van der Waals surface area contributed by atoms with Gasteiger partial charge in [-0.05, 0) is 25.1 Å². The number of rotatable bonds is 3. The van der Waals surface area contributed by atoms with Gasteiger partial charge >= 0.3 is 0 Å². The van der Waals surface area contributed by atoms with Crippen LogP contribution in [0.15, 0.2) is 18.2 Å². The quantitative estimate of drug-likeness (QED) is 0.851. The minimum absolute atomic E-state index is 0.125. The Morgan fingerprint density at radius 1 is 1.50 bits per heavy atom. The van der Waals surface area contributed by atoms with Crippen molar-refractivity contribution < 1.29 is 8.42 Å². The largest absolute Gasteiger partial charge is 0.342 e. The molecule has 1 heterocycles. The second kappa shape index (κ2) is 4.06. The lowest BCUT2D eigenvalue weighted by Gasteiger charge is -2.04. The molecule has 0 radical (unpaired) electrons. The molecule has 0 atom stereocenters. The summed E-state index contributed by atoms with van der Waals surface area (Å²) in [6.45, 7) is 1.85. The van der Waals surface area contributed by atoms with Gasteiger partial charge in [0, 0.05) is 0 Å². The molecule has 2 aromatic rings. The lowest BCUT2D eigenvalue weighted by atomic mass is 10.3. The Balaban J connectivity index is 2.40. The fourth-order valence-electron chi connectivity index (χ4n) is 1.41. The van der Waals surface area contributed by atoms with Crippen molar-refractivity contribution >= 4 is 42.7 Å². The van der Waals surface area contributed by atoms with Gasteiger partial charge in [0.25, 0.3) is 0 Å². The van der Waals surface area contributed by atoms with Gasteiger partial charge in [-0.2, -0.15) is 0 Å². The number of hydrogen-bond acceptors (Lipinski definition) is 3. The third kappa shape index (κ3) is 2.35. The number of nitrogens with zero attached hydrogens (tertiary/aromatic N) is 1. The van der Waals surface area contributed by atoms with Crippen LogP contribution in [0.4, 0.5) is 5.69 Å². The molecule has 86 valence electrons. The summed E-state index contributed by atoms with van der Waals surface area (Å²) >= 11 is 2.91. The molecule has 0 unspecified atom stereocenters. The van der Waals surface area contributed by atoms with Crippen LogP contribution >= 0.6 is 15.9 Å². The maximum Gasteiger partial charge on any atom is 0.242 e. The molecule has 1 aromatic heterocycles. The monoisotopic (exact) mass is 303 g/mol. The fourth-order valence-corrected chi connectivity index (χ4v) is 2.29. The number of aromatic nitrogens is 2. The second-order valence-electron chi connectivity index (χ2n) is 3.38. The highest BCUT2D eigenvalue weighted by molar-refractivity contribution is 9.10. The Kier molecular flexibility index (Phi) is 2.90. The molecule has 0 amide bonds.